The molecule has 0 amide bonds. The molecule has 2 heterocycles. The number of hydrogen-bond donors (Lipinski definition) is 1. The van der Waals surface area contributed by atoms with E-state index in [1.807, 2.05) is 0 Å². The number of aromatic nitrogens is 4. The Bertz CT molecular complexity index is 980. The number of piperidine rings is 1. The molecule has 2 aromatic carbocycles. The van der Waals surface area contributed by atoms with E-state index in [9.17, 15) is 0 Å². The van der Waals surface area contributed by atoms with Crippen LogP contribution < -0.4 is 0 Å². The second-order valence-corrected chi connectivity index (χ2v) is 8.42. The van der Waals surface area contributed by atoms with E-state index in [0.29, 0.717) is 17.8 Å². The van der Waals surface area contributed by atoms with Gasteiger partial charge in [-0.2, -0.15) is 5.21 Å². The van der Waals surface area contributed by atoms with Crippen LogP contribution in [0.25, 0.3) is 11.4 Å². The molecule has 27 heavy (non-hydrogen) atoms. The Morgan fingerprint density at radius 3 is 2.89 bits per heavy atom. The van der Waals surface area contributed by atoms with Crippen LogP contribution in [-0.4, -0.2) is 45.2 Å². The quantitative estimate of drug-likeness (QED) is 0.761. The van der Waals surface area contributed by atoms with Gasteiger partial charge in [0, 0.05) is 22.9 Å². The summed E-state index contributed by atoms with van der Waals surface area (Å²) >= 11 is 0. The van der Waals surface area contributed by atoms with Gasteiger partial charge in [-0.1, -0.05) is 48.9 Å². The number of rotatable bonds is 2. The summed E-state index contributed by atoms with van der Waals surface area (Å²) in [7, 11) is 2.28. The third kappa shape index (κ3) is 2.52. The average molecular weight is 359 g/mol. The largest absolute Gasteiger partial charge is 0.302 e. The standard InChI is InChI=1S/C22H25N5/c1-14-7-8-15-13-19-20(22(2,18(15)11-14)9-10-27(19)3)16-5-4-6-17(12-16)21-23-25-26-24-21/h4-8,11-12,19-20H,9-10,13H2,1-3H3,(H,23,24,25,26)/t19-,20+,22-/m1/s1. The van der Waals surface area contributed by atoms with Gasteiger partial charge in [-0.25, -0.2) is 0 Å². The molecule has 0 unspecified atom stereocenters. The zero-order valence-electron chi connectivity index (χ0n) is 16.1. The number of hydrogen-bond acceptors (Lipinski definition) is 4. The number of likely N-dealkylation sites (N-methyl/N-ethyl adjacent to an activating group) is 1. The van der Waals surface area contributed by atoms with Crippen LogP contribution in [0.3, 0.4) is 0 Å². The van der Waals surface area contributed by atoms with Crippen LogP contribution in [0.1, 0.15) is 41.5 Å². The summed E-state index contributed by atoms with van der Waals surface area (Å²) in [5, 5.41) is 14.6. The van der Waals surface area contributed by atoms with E-state index in [1.54, 1.807) is 5.56 Å². The molecule has 138 valence electrons. The van der Waals surface area contributed by atoms with Crippen molar-refractivity contribution in [1.82, 2.24) is 25.5 Å². The van der Waals surface area contributed by atoms with E-state index >= 15 is 0 Å². The SMILES string of the molecule is Cc1ccc2c(c1)[C@@]1(C)CCN(C)[C@H](C2)[C@@H]1c1cccc(-c2nn[nH]n2)c1. The minimum atomic E-state index is 0.145. The summed E-state index contributed by atoms with van der Waals surface area (Å²) in [6.45, 7) is 5.82. The topological polar surface area (TPSA) is 57.7 Å². The lowest BCUT2D eigenvalue weighted by Gasteiger charge is -2.55. The Hall–Kier alpha value is -2.53. The number of benzene rings is 2. The maximum absolute atomic E-state index is 4.17. The second kappa shape index (κ2) is 5.99. The maximum Gasteiger partial charge on any atom is 0.204 e. The van der Waals surface area contributed by atoms with Crippen molar-refractivity contribution in [2.24, 2.45) is 0 Å². The fourth-order valence-corrected chi connectivity index (χ4v) is 5.36. The molecule has 0 radical (unpaired) electrons. The van der Waals surface area contributed by atoms with Gasteiger partial charge >= 0.3 is 0 Å². The minimum absolute atomic E-state index is 0.145. The molecule has 1 saturated heterocycles. The van der Waals surface area contributed by atoms with Crippen LogP contribution in [-0.2, 0) is 11.8 Å². The third-order valence-electron chi connectivity index (χ3n) is 6.78. The lowest BCUT2D eigenvalue weighted by molar-refractivity contribution is 0.0831. The monoisotopic (exact) mass is 359 g/mol. The Labute approximate surface area is 159 Å². The highest BCUT2D eigenvalue weighted by Gasteiger charge is 2.50. The van der Waals surface area contributed by atoms with E-state index in [-0.39, 0.29) is 5.41 Å². The summed E-state index contributed by atoms with van der Waals surface area (Å²) < 4.78 is 0. The highest BCUT2D eigenvalue weighted by Crippen LogP contribution is 2.53. The van der Waals surface area contributed by atoms with Gasteiger partial charge in [0.05, 0.1) is 0 Å². The Morgan fingerprint density at radius 1 is 1.19 bits per heavy atom. The lowest BCUT2D eigenvalue weighted by atomic mass is 9.56. The van der Waals surface area contributed by atoms with Crippen LogP contribution in [0.2, 0.25) is 0 Å². The lowest BCUT2D eigenvalue weighted by Crippen LogP contribution is -2.56. The smallest absolute Gasteiger partial charge is 0.204 e. The van der Waals surface area contributed by atoms with Gasteiger partial charge in [-0.15, -0.1) is 10.2 Å². The summed E-state index contributed by atoms with van der Waals surface area (Å²) in [6.07, 6.45) is 2.28. The predicted molar refractivity (Wildman–Crippen MR) is 106 cm³/mol. The van der Waals surface area contributed by atoms with Crippen molar-refractivity contribution in [3.63, 3.8) is 0 Å². The predicted octanol–water partition coefficient (Wildman–Crippen LogP) is 3.48. The summed E-state index contributed by atoms with van der Waals surface area (Å²) in [5.41, 5.74) is 6.97. The molecule has 3 atom stereocenters. The second-order valence-electron chi connectivity index (χ2n) is 8.42. The molecular weight excluding hydrogens is 334 g/mol. The zero-order valence-corrected chi connectivity index (χ0v) is 16.1. The molecular formula is C22H25N5. The van der Waals surface area contributed by atoms with E-state index in [1.165, 1.54) is 23.1 Å². The number of fused-ring (bicyclic) bond motifs is 4. The molecule has 5 heteroatoms. The molecule has 0 spiro atoms. The van der Waals surface area contributed by atoms with Crippen molar-refractivity contribution in [3.8, 4) is 11.4 Å². The zero-order chi connectivity index (χ0) is 18.6. The van der Waals surface area contributed by atoms with E-state index in [2.05, 4.69) is 88.9 Å². The molecule has 1 aliphatic heterocycles. The molecule has 1 N–H and O–H groups in total. The summed E-state index contributed by atoms with van der Waals surface area (Å²) in [6, 6.07) is 16.3. The molecule has 2 aliphatic rings. The van der Waals surface area contributed by atoms with Crippen molar-refractivity contribution in [2.75, 3.05) is 13.6 Å². The van der Waals surface area contributed by atoms with Gasteiger partial charge < -0.3 is 4.90 Å². The van der Waals surface area contributed by atoms with Crippen LogP contribution in [0.15, 0.2) is 42.5 Å². The van der Waals surface area contributed by atoms with Crippen LogP contribution in [0.4, 0.5) is 0 Å². The van der Waals surface area contributed by atoms with Crippen LogP contribution >= 0.6 is 0 Å². The first kappa shape index (κ1) is 16.6. The van der Waals surface area contributed by atoms with E-state index < -0.39 is 0 Å². The first-order valence-electron chi connectivity index (χ1n) is 9.70. The third-order valence-corrected chi connectivity index (χ3v) is 6.78. The maximum atomic E-state index is 4.17. The Morgan fingerprint density at radius 2 is 2.07 bits per heavy atom. The van der Waals surface area contributed by atoms with Crippen LogP contribution in [0.5, 0.6) is 0 Å². The van der Waals surface area contributed by atoms with Crippen molar-refractivity contribution < 1.29 is 0 Å². The van der Waals surface area contributed by atoms with Gasteiger partial charge in [-0.05, 0) is 61.3 Å². The molecule has 1 aromatic heterocycles. The molecule has 1 aliphatic carbocycles. The first-order valence-corrected chi connectivity index (χ1v) is 9.70. The highest BCUT2D eigenvalue weighted by atomic mass is 15.5. The molecule has 5 rings (SSSR count). The molecule has 2 bridgehead atoms. The van der Waals surface area contributed by atoms with Crippen LogP contribution in [0, 0.1) is 6.92 Å². The molecule has 5 nitrogen and oxygen atoms in total. The normalized spacial score (nSPS) is 27.4. The van der Waals surface area contributed by atoms with Gasteiger partial charge in [0.1, 0.15) is 0 Å². The first-order chi connectivity index (χ1) is 13.1. The van der Waals surface area contributed by atoms with Gasteiger partial charge in [-0.3, -0.25) is 0 Å². The number of nitrogens with zero attached hydrogens (tertiary/aromatic N) is 4. The van der Waals surface area contributed by atoms with Crippen molar-refractivity contribution in [1.29, 1.82) is 0 Å². The average Bonchev–Trinajstić information content (AvgIpc) is 3.21. The number of likely N-dealkylation sites (tertiary alicyclic amines) is 1. The minimum Gasteiger partial charge on any atom is -0.302 e. The number of tetrazole rings is 1. The van der Waals surface area contributed by atoms with Gasteiger partial charge in [0.25, 0.3) is 0 Å². The number of aromatic amines is 1. The van der Waals surface area contributed by atoms with E-state index in [0.717, 1.165) is 18.5 Å². The van der Waals surface area contributed by atoms with Crippen molar-refractivity contribution in [3.05, 3.63) is 64.7 Å². The molecule has 0 saturated carbocycles. The summed E-state index contributed by atoms with van der Waals surface area (Å²) in [5.74, 6) is 1.12. The fourth-order valence-electron chi connectivity index (χ4n) is 5.36. The van der Waals surface area contributed by atoms with Crippen molar-refractivity contribution >= 4 is 0 Å². The van der Waals surface area contributed by atoms with Crippen molar-refractivity contribution in [2.45, 2.75) is 44.1 Å². The molecule has 1 fully saturated rings. The Balaban J connectivity index is 1.66. The van der Waals surface area contributed by atoms with E-state index in [4.69, 9.17) is 0 Å². The number of aryl methyl sites for hydroxylation is 1. The highest BCUT2D eigenvalue weighted by molar-refractivity contribution is 5.57. The summed E-state index contributed by atoms with van der Waals surface area (Å²) in [4.78, 5) is 2.55. The molecule has 3 aromatic rings. The van der Waals surface area contributed by atoms with Gasteiger partial charge in [0.15, 0.2) is 0 Å². The Kier molecular flexibility index (Phi) is 3.69. The number of nitrogens with one attached hydrogen (secondary N) is 1. The number of H-pyrrole nitrogens is 1. The van der Waals surface area contributed by atoms with Gasteiger partial charge in [0.2, 0.25) is 5.82 Å². The fraction of sp³-hybridized carbons (Fsp3) is 0.409.